The smallest absolute Gasteiger partial charge is 0.269 e. The molecule has 0 saturated carbocycles. The molecule has 0 aliphatic heterocycles. The van der Waals surface area contributed by atoms with Crippen LogP contribution in [0.2, 0.25) is 0 Å². The van der Waals surface area contributed by atoms with Gasteiger partial charge in [-0.05, 0) is 25.0 Å². The van der Waals surface area contributed by atoms with Crippen LogP contribution in [-0.4, -0.2) is 23.0 Å². The van der Waals surface area contributed by atoms with E-state index in [2.05, 4.69) is 24.2 Å². The Kier molecular flexibility index (Phi) is 7.24. The van der Waals surface area contributed by atoms with Crippen molar-refractivity contribution in [3.63, 3.8) is 0 Å². The fourth-order valence-electron chi connectivity index (χ4n) is 1.64. The maximum Gasteiger partial charge on any atom is 0.269 e. The van der Waals surface area contributed by atoms with Crippen LogP contribution in [0.5, 0.6) is 0 Å². The van der Waals surface area contributed by atoms with Crippen molar-refractivity contribution in [2.45, 2.75) is 39.5 Å². The Hall–Kier alpha value is -1.98. The third kappa shape index (κ3) is 5.77. The lowest BCUT2D eigenvalue weighted by molar-refractivity contribution is -0.384. The predicted molar refractivity (Wildman–Crippen MR) is 79.0 cm³/mol. The molecule has 20 heavy (non-hydrogen) atoms. The number of hydrogen-bond donors (Lipinski definition) is 0. The van der Waals surface area contributed by atoms with Crippen LogP contribution in [0.4, 0.5) is 11.4 Å². The van der Waals surface area contributed by atoms with Crippen LogP contribution in [0.15, 0.2) is 34.6 Å². The highest BCUT2D eigenvalue weighted by Gasteiger charge is 2.04. The first-order valence-corrected chi connectivity index (χ1v) is 7.08. The molecule has 1 aromatic carbocycles. The van der Waals surface area contributed by atoms with Crippen LogP contribution in [0.1, 0.15) is 39.5 Å². The quantitative estimate of drug-likeness (QED) is 0.379. The number of non-ortho nitro benzene ring substituents is 1. The third-order valence-corrected chi connectivity index (χ3v) is 2.89. The lowest BCUT2D eigenvalue weighted by Crippen LogP contribution is -2.19. The summed E-state index contributed by atoms with van der Waals surface area (Å²) in [6.07, 6.45) is 4.41. The molecule has 0 bridgehead atoms. The van der Waals surface area contributed by atoms with Gasteiger partial charge in [0.15, 0.2) is 0 Å². The molecule has 0 aromatic heterocycles. The van der Waals surface area contributed by atoms with E-state index in [1.54, 1.807) is 12.1 Å². The molecule has 0 amide bonds. The molecule has 1 aromatic rings. The lowest BCUT2D eigenvalue weighted by Gasteiger charge is -2.16. The Morgan fingerprint density at radius 3 is 2.10 bits per heavy atom. The van der Waals surface area contributed by atoms with Crippen molar-refractivity contribution in [3.05, 3.63) is 34.4 Å². The van der Waals surface area contributed by atoms with Crippen LogP contribution in [0.25, 0.3) is 0 Å². The standard InChI is InChI=1S/C14H22N4O2/c1-3-5-11-17(12-6-4-2)16-15-13-7-9-14(10-8-13)18(19)20/h7-10H,3-6,11-12H2,1-2H3. The van der Waals surface area contributed by atoms with Crippen LogP contribution >= 0.6 is 0 Å². The van der Waals surface area contributed by atoms with Crippen molar-refractivity contribution in [1.29, 1.82) is 0 Å². The minimum absolute atomic E-state index is 0.0674. The molecule has 1 rings (SSSR count). The summed E-state index contributed by atoms with van der Waals surface area (Å²) in [5.41, 5.74) is 0.700. The van der Waals surface area contributed by atoms with Gasteiger partial charge in [0.1, 0.15) is 0 Å². The fourth-order valence-corrected chi connectivity index (χ4v) is 1.64. The average molecular weight is 278 g/mol. The number of benzene rings is 1. The van der Waals surface area contributed by atoms with Gasteiger partial charge < -0.3 is 0 Å². The minimum atomic E-state index is -0.421. The van der Waals surface area contributed by atoms with E-state index in [0.29, 0.717) is 5.69 Å². The zero-order valence-corrected chi connectivity index (χ0v) is 12.2. The summed E-state index contributed by atoms with van der Waals surface area (Å²) >= 11 is 0. The van der Waals surface area contributed by atoms with E-state index in [1.165, 1.54) is 12.1 Å². The molecule has 0 aliphatic carbocycles. The van der Waals surface area contributed by atoms with E-state index in [4.69, 9.17) is 0 Å². The molecule has 0 aliphatic rings. The molecule has 6 nitrogen and oxygen atoms in total. The zero-order valence-electron chi connectivity index (χ0n) is 12.2. The van der Waals surface area contributed by atoms with Crippen LogP contribution < -0.4 is 0 Å². The molecule has 0 atom stereocenters. The van der Waals surface area contributed by atoms with E-state index in [1.807, 2.05) is 5.01 Å². The Balaban J connectivity index is 2.62. The van der Waals surface area contributed by atoms with Gasteiger partial charge in [-0.2, -0.15) is 0 Å². The van der Waals surface area contributed by atoms with Gasteiger partial charge >= 0.3 is 0 Å². The molecular weight excluding hydrogens is 256 g/mol. The van der Waals surface area contributed by atoms with Gasteiger partial charge in [-0.3, -0.25) is 15.1 Å². The Labute approximate surface area is 119 Å². The first kappa shape index (κ1) is 16.1. The monoisotopic (exact) mass is 278 g/mol. The van der Waals surface area contributed by atoms with E-state index in [9.17, 15) is 10.1 Å². The van der Waals surface area contributed by atoms with Crippen molar-refractivity contribution in [3.8, 4) is 0 Å². The molecule has 0 saturated heterocycles. The lowest BCUT2D eigenvalue weighted by atomic mass is 10.3. The van der Waals surface area contributed by atoms with Gasteiger partial charge in [-0.1, -0.05) is 31.9 Å². The highest BCUT2D eigenvalue weighted by atomic mass is 16.6. The van der Waals surface area contributed by atoms with Gasteiger partial charge in [0.05, 0.1) is 10.6 Å². The second-order valence-electron chi connectivity index (χ2n) is 4.62. The van der Waals surface area contributed by atoms with Crippen LogP contribution in [-0.2, 0) is 0 Å². The second-order valence-corrected chi connectivity index (χ2v) is 4.62. The molecule has 6 heteroatoms. The van der Waals surface area contributed by atoms with Crippen molar-refractivity contribution in [2.24, 2.45) is 10.3 Å². The molecule has 0 unspecified atom stereocenters. The van der Waals surface area contributed by atoms with Gasteiger partial charge in [0.2, 0.25) is 0 Å². The zero-order chi connectivity index (χ0) is 14.8. The first-order chi connectivity index (χ1) is 9.67. The molecule has 0 heterocycles. The molecular formula is C14H22N4O2. The van der Waals surface area contributed by atoms with E-state index < -0.39 is 4.92 Å². The molecule has 0 radical (unpaired) electrons. The Bertz CT molecular complexity index is 423. The summed E-state index contributed by atoms with van der Waals surface area (Å²) in [5.74, 6) is 0. The van der Waals surface area contributed by atoms with E-state index in [-0.39, 0.29) is 5.69 Å². The maximum atomic E-state index is 10.6. The van der Waals surface area contributed by atoms with Crippen molar-refractivity contribution in [1.82, 2.24) is 5.01 Å². The number of unbranched alkanes of at least 4 members (excludes halogenated alkanes) is 2. The topological polar surface area (TPSA) is 71.1 Å². The van der Waals surface area contributed by atoms with E-state index >= 15 is 0 Å². The fraction of sp³-hybridized carbons (Fsp3) is 0.571. The van der Waals surface area contributed by atoms with Crippen molar-refractivity contribution >= 4 is 11.4 Å². The first-order valence-electron chi connectivity index (χ1n) is 7.08. The Morgan fingerprint density at radius 2 is 1.65 bits per heavy atom. The SMILES string of the molecule is CCCCN(CCCC)N=Nc1ccc([N+](=O)[O-])cc1. The van der Waals surface area contributed by atoms with Crippen LogP contribution in [0, 0.1) is 10.1 Å². The highest BCUT2D eigenvalue weighted by Crippen LogP contribution is 2.18. The van der Waals surface area contributed by atoms with Gasteiger partial charge in [-0.15, -0.1) is 5.11 Å². The van der Waals surface area contributed by atoms with Gasteiger partial charge in [0, 0.05) is 25.2 Å². The van der Waals surface area contributed by atoms with Gasteiger partial charge in [0.25, 0.3) is 5.69 Å². The summed E-state index contributed by atoms with van der Waals surface area (Å²) in [4.78, 5) is 10.1. The normalized spacial score (nSPS) is 10.9. The number of nitro benzene ring substituents is 1. The number of hydrogen-bond acceptors (Lipinski definition) is 4. The third-order valence-electron chi connectivity index (χ3n) is 2.89. The molecule has 0 N–H and O–H groups in total. The number of nitro groups is 1. The molecule has 0 spiro atoms. The predicted octanol–water partition coefficient (Wildman–Crippen LogP) is 4.50. The molecule has 110 valence electrons. The second kappa shape index (κ2) is 9.01. The van der Waals surface area contributed by atoms with Gasteiger partial charge in [-0.25, -0.2) is 0 Å². The summed E-state index contributed by atoms with van der Waals surface area (Å²) in [6.45, 7) is 6.08. The van der Waals surface area contributed by atoms with E-state index in [0.717, 1.165) is 38.8 Å². The number of rotatable bonds is 9. The summed E-state index contributed by atoms with van der Waals surface area (Å²) in [6, 6.07) is 6.10. The summed E-state index contributed by atoms with van der Waals surface area (Å²) in [7, 11) is 0. The average Bonchev–Trinajstić information content (AvgIpc) is 2.47. The molecule has 0 fully saturated rings. The minimum Gasteiger partial charge on any atom is -0.278 e. The number of nitrogens with zero attached hydrogens (tertiary/aromatic N) is 4. The van der Waals surface area contributed by atoms with Crippen LogP contribution in [0.3, 0.4) is 0 Å². The largest absolute Gasteiger partial charge is 0.278 e. The summed E-state index contributed by atoms with van der Waals surface area (Å²) < 4.78 is 0. The van der Waals surface area contributed by atoms with Crippen molar-refractivity contribution in [2.75, 3.05) is 13.1 Å². The maximum absolute atomic E-state index is 10.6. The van der Waals surface area contributed by atoms with Crippen molar-refractivity contribution < 1.29 is 4.92 Å². The highest BCUT2D eigenvalue weighted by molar-refractivity contribution is 5.43. The Morgan fingerprint density at radius 1 is 1.10 bits per heavy atom. The summed E-state index contributed by atoms with van der Waals surface area (Å²) in [5, 5.41) is 20.9.